The molecule has 0 saturated carbocycles. The molecule has 1 heterocycles. The minimum Gasteiger partial charge on any atom is -0.372 e. The Morgan fingerprint density at radius 2 is 1.59 bits per heavy atom. The molecule has 1 fully saturated rings. The van der Waals surface area contributed by atoms with Crippen LogP contribution in [0.5, 0.6) is 0 Å². The lowest BCUT2D eigenvalue weighted by molar-refractivity contribution is -0.133. The molecule has 1 saturated heterocycles. The number of likely N-dealkylation sites (tertiary alicyclic amines) is 1. The summed E-state index contributed by atoms with van der Waals surface area (Å²) in [6, 6.07) is 13.0. The minimum absolute atomic E-state index is 0.0795. The van der Waals surface area contributed by atoms with Crippen molar-refractivity contribution in [1.82, 2.24) is 4.90 Å². The van der Waals surface area contributed by atoms with E-state index in [0.717, 1.165) is 37.1 Å². The molecule has 3 nitrogen and oxygen atoms in total. The number of halogens is 2. The molecule has 144 valence electrons. The lowest BCUT2D eigenvalue weighted by Crippen LogP contribution is -2.45. The molecular weight excluding hydrogens is 348 g/mol. The normalized spacial score (nSPS) is 18.2. The highest BCUT2D eigenvalue weighted by Gasteiger charge is 2.26. The van der Waals surface area contributed by atoms with Crippen molar-refractivity contribution in [3.63, 3.8) is 0 Å². The number of methoxy groups -OCH3 is 1. The summed E-state index contributed by atoms with van der Waals surface area (Å²) < 4.78 is 31.9. The second kappa shape index (κ2) is 9.20. The molecule has 0 aromatic heterocycles. The molecule has 0 bridgehead atoms. The molecule has 0 aliphatic carbocycles. The summed E-state index contributed by atoms with van der Waals surface area (Å²) >= 11 is 0. The molecule has 0 amide bonds. The van der Waals surface area contributed by atoms with Crippen LogP contribution in [0.15, 0.2) is 48.5 Å². The van der Waals surface area contributed by atoms with Gasteiger partial charge in [0.1, 0.15) is 17.7 Å². The summed E-state index contributed by atoms with van der Waals surface area (Å²) in [5, 5.41) is 0. The second-order valence-corrected chi connectivity index (χ2v) is 7.04. The number of ether oxygens (including phenoxy) is 1. The molecule has 0 N–H and O–H groups in total. The zero-order valence-electron chi connectivity index (χ0n) is 15.5. The van der Waals surface area contributed by atoms with Gasteiger partial charge in [0.25, 0.3) is 0 Å². The van der Waals surface area contributed by atoms with Crippen LogP contribution in [0.25, 0.3) is 0 Å². The average molecular weight is 373 g/mol. The number of piperidine rings is 1. The Hall–Kier alpha value is -2.11. The first-order valence-electron chi connectivity index (χ1n) is 9.35. The fraction of sp³-hybridized carbons (Fsp3) is 0.409. The maximum Gasteiger partial charge on any atom is 0.164 e. The Morgan fingerprint density at radius 3 is 2.11 bits per heavy atom. The van der Waals surface area contributed by atoms with E-state index in [9.17, 15) is 13.6 Å². The van der Waals surface area contributed by atoms with Gasteiger partial charge in [0.2, 0.25) is 0 Å². The number of Topliss-reactive ketones (excluding diaryl/α,β-unsaturated/α-hetero) is 1. The molecular formula is C22H25F2NO2. The van der Waals surface area contributed by atoms with E-state index in [1.165, 1.54) is 24.3 Å². The van der Waals surface area contributed by atoms with Gasteiger partial charge in [-0.25, -0.2) is 8.78 Å². The summed E-state index contributed by atoms with van der Waals surface area (Å²) in [6.07, 6.45) is 1.98. The highest BCUT2D eigenvalue weighted by Crippen LogP contribution is 2.30. The standard InChI is InChI=1S/C22H25F2NO2/c1-27-22-15-25(14-12-21(22)26)13-2-3-20(16-4-8-18(23)9-5-16)17-6-10-19(24)11-7-17/h4-11,20,22H,2-3,12-15H2,1H3. The van der Waals surface area contributed by atoms with Crippen molar-refractivity contribution in [3.8, 4) is 0 Å². The smallest absolute Gasteiger partial charge is 0.164 e. The van der Waals surface area contributed by atoms with E-state index >= 15 is 0 Å². The first-order valence-corrected chi connectivity index (χ1v) is 9.35. The van der Waals surface area contributed by atoms with Crippen LogP contribution >= 0.6 is 0 Å². The lowest BCUT2D eigenvalue weighted by Gasteiger charge is -2.31. The van der Waals surface area contributed by atoms with Crippen molar-refractivity contribution in [2.24, 2.45) is 0 Å². The molecule has 2 aromatic rings. The molecule has 3 rings (SSSR count). The first-order chi connectivity index (χ1) is 13.1. The van der Waals surface area contributed by atoms with Crippen molar-refractivity contribution < 1.29 is 18.3 Å². The van der Waals surface area contributed by atoms with Crippen LogP contribution in [0.4, 0.5) is 8.78 Å². The number of nitrogens with zero attached hydrogens (tertiary/aromatic N) is 1. The first kappa shape index (κ1) is 19.6. The summed E-state index contributed by atoms with van der Waals surface area (Å²) in [5.41, 5.74) is 2.04. The van der Waals surface area contributed by atoms with Crippen LogP contribution in [0.1, 0.15) is 36.3 Å². The quantitative estimate of drug-likeness (QED) is 0.730. The van der Waals surface area contributed by atoms with Crippen molar-refractivity contribution in [2.75, 3.05) is 26.7 Å². The fourth-order valence-corrected chi connectivity index (χ4v) is 3.70. The number of ketones is 1. The van der Waals surface area contributed by atoms with E-state index in [1.807, 2.05) is 0 Å². The van der Waals surface area contributed by atoms with E-state index in [-0.39, 0.29) is 29.4 Å². The average Bonchev–Trinajstić information content (AvgIpc) is 2.68. The van der Waals surface area contributed by atoms with E-state index in [2.05, 4.69) is 4.90 Å². The number of rotatable bonds is 7. The van der Waals surface area contributed by atoms with Gasteiger partial charge in [0.15, 0.2) is 5.78 Å². The van der Waals surface area contributed by atoms with Crippen LogP contribution in [0, 0.1) is 11.6 Å². The second-order valence-electron chi connectivity index (χ2n) is 7.04. The maximum absolute atomic E-state index is 13.3. The Balaban J connectivity index is 1.66. The van der Waals surface area contributed by atoms with E-state index < -0.39 is 0 Å². The van der Waals surface area contributed by atoms with E-state index in [4.69, 9.17) is 4.74 Å². The summed E-state index contributed by atoms with van der Waals surface area (Å²) in [6.45, 7) is 2.26. The molecule has 2 aromatic carbocycles. The van der Waals surface area contributed by atoms with Crippen molar-refractivity contribution in [1.29, 1.82) is 0 Å². The highest BCUT2D eigenvalue weighted by molar-refractivity contribution is 5.84. The highest BCUT2D eigenvalue weighted by atomic mass is 19.1. The molecule has 0 spiro atoms. The fourth-order valence-electron chi connectivity index (χ4n) is 3.70. The van der Waals surface area contributed by atoms with Crippen LogP contribution in [0.3, 0.4) is 0 Å². The van der Waals surface area contributed by atoms with Crippen molar-refractivity contribution in [2.45, 2.75) is 31.3 Å². The lowest BCUT2D eigenvalue weighted by atomic mass is 9.87. The molecule has 1 aliphatic heterocycles. The zero-order chi connectivity index (χ0) is 19.2. The Bertz CT molecular complexity index is 700. The van der Waals surface area contributed by atoms with Crippen LogP contribution in [-0.4, -0.2) is 43.5 Å². The molecule has 1 aliphatic rings. The molecule has 0 radical (unpaired) electrons. The Labute approximate surface area is 158 Å². The minimum atomic E-state index is -0.330. The number of carbonyl (C=O) groups is 1. The van der Waals surface area contributed by atoms with Crippen LogP contribution < -0.4 is 0 Å². The predicted octanol–water partition coefficient (Wildman–Crippen LogP) is 4.17. The molecule has 1 unspecified atom stereocenters. The largest absolute Gasteiger partial charge is 0.372 e. The number of hydrogen-bond donors (Lipinski definition) is 0. The van der Waals surface area contributed by atoms with Gasteiger partial charge in [-0.1, -0.05) is 24.3 Å². The third-order valence-corrected chi connectivity index (χ3v) is 5.25. The SMILES string of the molecule is COC1CN(CCCC(c2ccc(F)cc2)c2ccc(F)cc2)CCC1=O. The van der Waals surface area contributed by atoms with Gasteiger partial charge in [-0.05, 0) is 54.8 Å². The predicted molar refractivity (Wildman–Crippen MR) is 101 cm³/mol. The molecule has 1 atom stereocenters. The van der Waals surface area contributed by atoms with Crippen molar-refractivity contribution in [3.05, 3.63) is 71.3 Å². The Kier molecular flexibility index (Phi) is 6.69. The van der Waals surface area contributed by atoms with Crippen LogP contribution in [-0.2, 0) is 9.53 Å². The van der Waals surface area contributed by atoms with Gasteiger partial charge in [-0.3, -0.25) is 9.69 Å². The topological polar surface area (TPSA) is 29.5 Å². The summed E-state index contributed by atoms with van der Waals surface area (Å²) in [7, 11) is 1.57. The van der Waals surface area contributed by atoms with Gasteiger partial charge in [-0.15, -0.1) is 0 Å². The maximum atomic E-state index is 13.3. The summed E-state index contributed by atoms with van der Waals surface area (Å²) in [4.78, 5) is 14.0. The van der Waals surface area contributed by atoms with Gasteiger partial charge < -0.3 is 4.74 Å². The number of benzene rings is 2. The Morgan fingerprint density at radius 1 is 1.04 bits per heavy atom. The van der Waals surface area contributed by atoms with E-state index in [0.29, 0.717) is 13.0 Å². The van der Waals surface area contributed by atoms with Gasteiger partial charge in [0.05, 0.1) is 0 Å². The van der Waals surface area contributed by atoms with Crippen molar-refractivity contribution >= 4 is 5.78 Å². The zero-order valence-corrected chi connectivity index (χ0v) is 15.5. The van der Waals surface area contributed by atoms with Gasteiger partial charge >= 0.3 is 0 Å². The monoisotopic (exact) mass is 373 g/mol. The summed E-state index contributed by atoms with van der Waals surface area (Å²) in [5.74, 6) is -0.277. The van der Waals surface area contributed by atoms with Gasteiger partial charge in [0, 0.05) is 32.5 Å². The third kappa shape index (κ3) is 5.21. The number of hydrogen-bond acceptors (Lipinski definition) is 3. The molecule has 5 heteroatoms. The number of carbonyl (C=O) groups excluding carboxylic acids is 1. The van der Waals surface area contributed by atoms with E-state index in [1.54, 1.807) is 31.4 Å². The molecule has 27 heavy (non-hydrogen) atoms. The van der Waals surface area contributed by atoms with Gasteiger partial charge in [-0.2, -0.15) is 0 Å². The third-order valence-electron chi connectivity index (χ3n) is 5.25. The van der Waals surface area contributed by atoms with Crippen LogP contribution in [0.2, 0.25) is 0 Å².